The fraction of sp³-hybridized carbons (Fsp3) is 0.533. The molecule has 1 aromatic heterocycles. The van der Waals surface area contributed by atoms with Crippen molar-refractivity contribution in [2.24, 2.45) is 10.1 Å². The molecule has 27 heavy (non-hydrogen) atoms. The number of carboxylic acid groups (broad SMARTS) is 1. The molecular weight excluding hydrogens is 402 g/mol. The van der Waals surface area contributed by atoms with Crippen LogP contribution in [0.2, 0.25) is 0 Å². The molecule has 2 N–H and O–H groups in total. The highest BCUT2D eigenvalue weighted by molar-refractivity contribution is 7.07. The van der Waals surface area contributed by atoms with Crippen LogP contribution in [0.4, 0.5) is 0 Å². The molecular formula is C15H20ClN3O7S. The van der Waals surface area contributed by atoms with Gasteiger partial charge < -0.3 is 19.9 Å². The van der Waals surface area contributed by atoms with Gasteiger partial charge in [0.1, 0.15) is 17.2 Å². The normalized spacial score (nSPS) is 13.4. The Kier molecular flexibility index (Phi) is 7.15. The minimum absolute atomic E-state index is 0.198. The second kappa shape index (κ2) is 8.53. The van der Waals surface area contributed by atoms with E-state index >= 15 is 0 Å². The van der Waals surface area contributed by atoms with Gasteiger partial charge in [-0.05, 0) is 34.6 Å². The number of aliphatic carboxylic acids is 1. The number of aromatic nitrogens is 1. The molecule has 0 unspecified atom stereocenters. The summed E-state index contributed by atoms with van der Waals surface area (Å²) >= 11 is 6.13. The van der Waals surface area contributed by atoms with Gasteiger partial charge in [0.15, 0.2) is 0 Å². The molecule has 0 aromatic carbocycles. The van der Waals surface area contributed by atoms with Crippen LogP contribution in [0, 0.1) is 0 Å². The number of rotatable bonds is 6. The lowest BCUT2D eigenvalue weighted by atomic mass is 10.1. The average Bonchev–Trinajstić information content (AvgIpc) is 2.86. The zero-order valence-electron chi connectivity index (χ0n) is 15.3. The Hall–Kier alpha value is -2.40. The Bertz CT molecular complexity index is 833. The van der Waals surface area contributed by atoms with Crippen LogP contribution in [0.3, 0.4) is 0 Å². The number of amides is 1. The van der Waals surface area contributed by atoms with Gasteiger partial charge in [-0.3, -0.25) is 4.79 Å². The fourth-order valence-corrected chi connectivity index (χ4v) is 2.31. The van der Waals surface area contributed by atoms with E-state index in [2.05, 4.69) is 10.1 Å². The molecule has 1 aromatic rings. The summed E-state index contributed by atoms with van der Waals surface area (Å²) in [7, 11) is 0. The predicted molar refractivity (Wildman–Crippen MR) is 96.0 cm³/mol. The van der Waals surface area contributed by atoms with Crippen molar-refractivity contribution in [3.63, 3.8) is 0 Å². The third kappa shape index (κ3) is 6.36. The third-order valence-electron chi connectivity index (χ3n) is 2.72. The van der Waals surface area contributed by atoms with Crippen LogP contribution in [0.25, 0.3) is 0 Å². The predicted octanol–water partition coefficient (Wildman–Crippen LogP) is 1.38. The van der Waals surface area contributed by atoms with Crippen molar-refractivity contribution in [2.75, 3.05) is 5.88 Å². The lowest BCUT2D eigenvalue weighted by Crippen LogP contribution is -2.40. The topological polar surface area (TPSA) is 140 Å². The van der Waals surface area contributed by atoms with Gasteiger partial charge in [-0.1, -0.05) is 5.16 Å². The minimum atomic E-state index is -1.59. The summed E-state index contributed by atoms with van der Waals surface area (Å²) < 4.78 is 5.55. The highest BCUT2D eigenvalue weighted by Crippen LogP contribution is 2.18. The Balaban J connectivity index is 3.20. The summed E-state index contributed by atoms with van der Waals surface area (Å²) in [5.74, 6) is -3.41. The van der Waals surface area contributed by atoms with Crippen LogP contribution in [0.5, 0.6) is 0 Å². The van der Waals surface area contributed by atoms with Gasteiger partial charge in [-0.15, -0.1) is 22.9 Å². The van der Waals surface area contributed by atoms with Crippen molar-refractivity contribution in [1.29, 1.82) is 0 Å². The molecule has 0 radical (unpaired) electrons. The SMILES string of the molecule is CC(C)(C)OC(=O)C(C)(C)O/N=C(\C(=O)O)c1csc(=NC(=O)CCl)n1O. The molecule has 0 aliphatic heterocycles. The quantitative estimate of drug-likeness (QED) is 0.232. The summed E-state index contributed by atoms with van der Waals surface area (Å²) in [4.78, 5) is 43.3. The fourth-order valence-electron chi connectivity index (χ4n) is 1.47. The first-order chi connectivity index (χ1) is 12.3. The van der Waals surface area contributed by atoms with E-state index in [1.165, 1.54) is 19.2 Å². The molecule has 0 saturated heterocycles. The molecule has 12 heteroatoms. The maximum Gasteiger partial charge on any atom is 0.360 e. The number of oxime groups is 1. The monoisotopic (exact) mass is 421 g/mol. The number of carbonyl (C=O) groups excluding carboxylic acids is 2. The summed E-state index contributed by atoms with van der Waals surface area (Å²) in [6.45, 7) is 7.70. The molecule has 0 atom stereocenters. The molecule has 1 amide bonds. The molecule has 1 rings (SSSR count). The smallest absolute Gasteiger partial charge is 0.360 e. The van der Waals surface area contributed by atoms with Crippen molar-refractivity contribution in [3.8, 4) is 0 Å². The summed E-state index contributed by atoms with van der Waals surface area (Å²) in [5, 5.41) is 24.1. The first-order valence-electron chi connectivity index (χ1n) is 7.55. The number of hydrogen-bond donors (Lipinski definition) is 2. The first kappa shape index (κ1) is 22.6. The number of halogens is 1. The molecule has 0 bridgehead atoms. The summed E-state index contributed by atoms with van der Waals surface area (Å²) in [6, 6.07) is 0. The summed E-state index contributed by atoms with van der Waals surface area (Å²) in [5.41, 5.74) is -3.37. The Morgan fingerprint density at radius 1 is 1.26 bits per heavy atom. The van der Waals surface area contributed by atoms with E-state index in [1.54, 1.807) is 20.8 Å². The molecule has 0 spiro atoms. The lowest BCUT2D eigenvalue weighted by Gasteiger charge is -2.26. The largest absolute Gasteiger partial charge is 0.476 e. The number of esters is 1. The van der Waals surface area contributed by atoms with Crippen LogP contribution in [0.15, 0.2) is 15.5 Å². The van der Waals surface area contributed by atoms with E-state index in [0.29, 0.717) is 4.73 Å². The highest BCUT2D eigenvalue weighted by Gasteiger charge is 2.36. The van der Waals surface area contributed by atoms with Crippen molar-refractivity contribution < 1.29 is 34.3 Å². The number of hydrogen-bond acceptors (Lipinski definition) is 8. The highest BCUT2D eigenvalue weighted by atomic mass is 35.5. The van der Waals surface area contributed by atoms with E-state index < -0.39 is 40.6 Å². The zero-order valence-corrected chi connectivity index (χ0v) is 16.9. The van der Waals surface area contributed by atoms with Crippen LogP contribution < -0.4 is 4.80 Å². The van der Waals surface area contributed by atoms with Gasteiger partial charge in [0.05, 0.1) is 0 Å². The van der Waals surface area contributed by atoms with Crippen molar-refractivity contribution >= 4 is 46.5 Å². The van der Waals surface area contributed by atoms with Gasteiger partial charge in [0, 0.05) is 5.38 Å². The first-order valence-corrected chi connectivity index (χ1v) is 8.96. The zero-order chi connectivity index (χ0) is 21.0. The van der Waals surface area contributed by atoms with E-state index in [4.69, 9.17) is 21.2 Å². The van der Waals surface area contributed by atoms with E-state index in [0.717, 1.165) is 11.3 Å². The number of nitrogens with zero attached hydrogens (tertiary/aromatic N) is 3. The molecule has 0 aliphatic carbocycles. The maximum atomic E-state index is 12.1. The molecule has 0 fully saturated rings. The Labute approximate surface area is 163 Å². The lowest BCUT2D eigenvalue weighted by molar-refractivity contribution is -0.179. The Morgan fingerprint density at radius 2 is 1.85 bits per heavy atom. The van der Waals surface area contributed by atoms with Gasteiger partial charge in [0.25, 0.3) is 5.91 Å². The van der Waals surface area contributed by atoms with Crippen molar-refractivity contribution in [1.82, 2.24) is 4.73 Å². The maximum absolute atomic E-state index is 12.1. The number of carboxylic acids is 1. The number of carbonyl (C=O) groups is 3. The minimum Gasteiger partial charge on any atom is -0.476 e. The van der Waals surface area contributed by atoms with Crippen LogP contribution in [-0.2, 0) is 24.0 Å². The molecule has 150 valence electrons. The van der Waals surface area contributed by atoms with Gasteiger partial charge in [0.2, 0.25) is 16.1 Å². The van der Waals surface area contributed by atoms with E-state index in [1.807, 2.05) is 0 Å². The standard InChI is InChI=1S/C15H20ClN3O7S/c1-14(2,3)25-12(23)15(4,5)26-18-10(11(21)22)8-7-27-13(19(8)24)17-9(20)6-16/h7,24H,6H2,1-5H3,(H,21,22)/b17-13?,18-10-. The molecule has 0 saturated carbocycles. The number of ether oxygens (including phenoxy) is 1. The van der Waals surface area contributed by atoms with Crippen LogP contribution in [0.1, 0.15) is 40.3 Å². The Morgan fingerprint density at radius 3 is 2.33 bits per heavy atom. The molecule has 0 aliphatic rings. The van der Waals surface area contributed by atoms with Gasteiger partial charge in [-0.2, -0.15) is 9.72 Å². The van der Waals surface area contributed by atoms with Crippen molar-refractivity contribution in [2.45, 2.75) is 45.8 Å². The van der Waals surface area contributed by atoms with Gasteiger partial charge >= 0.3 is 11.9 Å². The average molecular weight is 422 g/mol. The van der Waals surface area contributed by atoms with E-state index in [-0.39, 0.29) is 10.5 Å². The summed E-state index contributed by atoms with van der Waals surface area (Å²) in [6.07, 6.45) is 0. The number of alkyl halides is 1. The van der Waals surface area contributed by atoms with Gasteiger partial charge in [-0.25, -0.2) is 9.59 Å². The second-order valence-electron chi connectivity index (χ2n) is 6.70. The molecule has 1 heterocycles. The van der Waals surface area contributed by atoms with Crippen LogP contribution in [-0.4, -0.2) is 55.7 Å². The molecule has 10 nitrogen and oxygen atoms in total. The van der Waals surface area contributed by atoms with E-state index in [9.17, 15) is 24.7 Å². The van der Waals surface area contributed by atoms with Crippen LogP contribution >= 0.6 is 22.9 Å². The third-order valence-corrected chi connectivity index (χ3v) is 3.77. The van der Waals surface area contributed by atoms with Crippen molar-refractivity contribution in [3.05, 3.63) is 15.9 Å². The number of thiazole rings is 1. The second-order valence-corrected chi connectivity index (χ2v) is 7.81.